The molecule has 8 heteroatoms. The number of hydrogen-bond donors (Lipinski definition) is 3. The molecule has 1 aliphatic heterocycles. The van der Waals surface area contributed by atoms with Crippen LogP contribution in [0.25, 0.3) is 10.9 Å². The highest BCUT2D eigenvalue weighted by atomic mass is 35.5. The van der Waals surface area contributed by atoms with Crippen LogP contribution in [-0.4, -0.2) is 36.6 Å². The van der Waals surface area contributed by atoms with E-state index >= 15 is 0 Å². The summed E-state index contributed by atoms with van der Waals surface area (Å²) in [6, 6.07) is 12.8. The summed E-state index contributed by atoms with van der Waals surface area (Å²) in [7, 11) is 0. The van der Waals surface area contributed by atoms with E-state index in [0.717, 1.165) is 41.9 Å². The molecule has 5 nitrogen and oxygen atoms in total. The molecule has 156 valence electrons. The predicted molar refractivity (Wildman–Crippen MR) is 122 cm³/mol. The highest BCUT2D eigenvalue weighted by molar-refractivity contribution is 6.05. The molecule has 1 amide bonds. The van der Waals surface area contributed by atoms with Crippen molar-refractivity contribution in [3.05, 3.63) is 59.5 Å². The summed E-state index contributed by atoms with van der Waals surface area (Å²) in [5.41, 5.74) is 3.48. The minimum absolute atomic E-state index is 0. The molecule has 1 fully saturated rings. The maximum atomic E-state index is 14.6. The molecule has 29 heavy (non-hydrogen) atoms. The average molecular weight is 439 g/mol. The Kier molecular flexibility index (Phi) is 7.52. The molecule has 1 aromatic heterocycles. The van der Waals surface area contributed by atoms with Gasteiger partial charge in [-0.3, -0.25) is 4.79 Å². The highest BCUT2D eigenvalue weighted by Crippen LogP contribution is 2.23. The highest BCUT2D eigenvalue weighted by Gasteiger charge is 2.19. The lowest BCUT2D eigenvalue weighted by atomic mass is 10.1. The van der Waals surface area contributed by atoms with Crippen molar-refractivity contribution < 1.29 is 9.18 Å². The summed E-state index contributed by atoms with van der Waals surface area (Å²) in [5.74, 6) is -0.955. The lowest BCUT2D eigenvalue weighted by Gasteiger charge is -2.33. The zero-order chi connectivity index (χ0) is 19.0. The van der Waals surface area contributed by atoms with E-state index in [9.17, 15) is 9.18 Å². The number of halogens is 3. The zero-order valence-electron chi connectivity index (χ0n) is 16.3. The van der Waals surface area contributed by atoms with Crippen LogP contribution in [0.15, 0.2) is 42.5 Å². The second-order valence-electron chi connectivity index (χ2n) is 7.17. The molecule has 0 spiro atoms. The van der Waals surface area contributed by atoms with Crippen LogP contribution in [0, 0.1) is 12.7 Å². The lowest BCUT2D eigenvalue weighted by Crippen LogP contribution is -2.49. The Bertz CT molecular complexity index is 1010. The van der Waals surface area contributed by atoms with Gasteiger partial charge in [0.1, 0.15) is 5.82 Å². The van der Waals surface area contributed by atoms with Crippen LogP contribution in [0.2, 0.25) is 0 Å². The average Bonchev–Trinajstić information content (AvgIpc) is 3.00. The molecule has 1 unspecified atom stereocenters. The van der Waals surface area contributed by atoms with E-state index in [1.54, 1.807) is 6.07 Å². The molecule has 2 aromatic carbocycles. The number of carbonyl (C=O) groups excluding carboxylic acids is 1. The van der Waals surface area contributed by atoms with Gasteiger partial charge in [-0.25, -0.2) is 4.39 Å². The Balaban J connectivity index is 0.00000150. The number of rotatable bonds is 3. The summed E-state index contributed by atoms with van der Waals surface area (Å²) in [5, 5.41) is 7.22. The number of aromatic amines is 1. The van der Waals surface area contributed by atoms with Gasteiger partial charge in [0.25, 0.3) is 5.91 Å². The van der Waals surface area contributed by atoms with Crippen molar-refractivity contribution in [2.45, 2.75) is 19.9 Å². The summed E-state index contributed by atoms with van der Waals surface area (Å²) < 4.78 is 14.6. The minimum Gasteiger partial charge on any atom is -0.369 e. The van der Waals surface area contributed by atoms with Crippen LogP contribution < -0.4 is 15.5 Å². The third-order valence-electron chi connectivity index (χ3n) is 4.95. The number of fused-ring (bicyclic) bond motifs is 1. The third-order valence-corrected chi connectivity index (χ3v) is 4.95. The number of hydrogen-bond acceptors (Lipinski definition) is 3. The Labute approximate surface area is 181 Å². The van der Waals surface area contributed by atoms with Gasteiger partial charge in [0.2, 0.25) is 0 Å². The van der Waals surface area contributed by atoms with E-state index in [4.69, 9.17) is 0 Å². The van der Waals surface area contributed by atoms with Crippen LogP contribution in [0.1, 0.15) is 23.0 Å². The lowest BCUT2D eigenvalue weighted by molar-refractivity contribution is 0.102. The Morgan fingerprint density at radius 2 is 1.97 bits per heavy atom. The van der Waals surface area contributed by atoms with Crippen molar-refractivity contribution in [1.82, 2.24) is 10.3 Å². The van der Waals surface area contributed by atoms with E-state index in [1.807, 2.05) is 37.3 Å². The summed E-state index contributed by atoms with van der Waals surface area (Å²) >= 11 is 0. The topological polar surface area (TPSA) is 60.2 Å². The number of benzene rings is 2. The first-order valence-corrected chi connectivity index (χ1v) is 9.18. The van der Waals surface area contributed by atoms with E-state index in [0.29, 0.717) is 11.7 Å². The fourth-order valence-corrected chi connectivity index (χ4v) is 3.60. The van der Waals surface area contributed by atoms with Gasteiger partial charge in [0.05, 0.1) is 5.56 Å². The van der Waals surface area contributed by atoms with Crippen molar-refractivity contribution in [3.8, 4) is 0 Å². The fraction of sp³-hybridized carbons (Fsp3) is 0.286. The number of H-pyrrole nitrogens is 1. The Morgan fingerprint density at radius 1 is 1.17 bits per heavy atom. The number of amides is 1. The number of nitrogens with one attached hydrogen (secondary N) is 3. The van der Waals surface area contributed by atoms with Crippen LogP contribution in [0.5, 0.6) is 0 Å². The molecular weight excluding hydrogens is 414 g/mol. The maximum Gasteiger partial charge on any atom is 0.258 e. The second-order valence-corrected chi connectivity index (χ2v) is 7.17. The Hall–Kier alpha value is -2.28. The number of aromatic nitrogens is 1. The third kappa shape index (κ3) is 5.01. The van der Waals surface area contributed by atoms with Crippen LogP contribution >= 0.6 is 24.8 Å². The normalized spacial score (nSPS) is 16.1. The quantitative estimate of drug-likeness (QED) is 0.563. The largest absolute Gasteiger partial charge is 0.369 e. The van der Waals surface area contributed by atoms with Gasteiger partial charge in [-0.15, -0.1) is 24.8 Å². The molecule has 0 aliphatic carbocycles. The van der Waals surface area contributed by atoms with E-state index in [1.165, 1.54) is 6.07 Å². The zero-order valence-corrected chi connectivity index (χ0v) is 17.9. The molecule has 4 rings (SSSR count). The van der Waals surface area contributed by atoms with Gasteiger partial charge in [-0.2, -0.15) is 0 Å². The van der Waals surface area contributed by atoms with Gasteiger partial charge >= 0.3 is 0 Å². The van der Waals surface area contributed by atoms with Gasteiger partial charge in [-0.1, -0.05) is 6.07 Å². The van der Waals surface area contributed by atoms with Crippen molar-refractivity contribution in [2.75, 3.05) is 29.9 Å². The number of nitrogens with zero attached hydrogens (tertiary/aromatic N) is 1. The number of aryl methyl sites for hydroxylation is 1. The van der Waals surface area contributed by atoms with E-state index < -0.39 is 11.7 Å². The Morgan fingerprint density at radius 3 is 2.69 bits per heavy atom. The predicted octanol–water partition coefficient (Wildman–Crippen LogP) is 4.51. The molecular formula is C21H25Cl2FN4O. The van der Waals surface area contributed by atoms with Crippen LogP contribution in [-0.2, 0) is 0 Å². The van der Waals surface area contributed by atoms with E-state index in [2.05, 4.69) is 27.4 Å². The van der Waals surface area contributed by atoms with Gasteiger partial charge in [0.15, 0.2) is 0 Å². The fourth-order valence-electron chi connectivity index (χ4n) is 3.60. The maximum absolute atomic E-state index is 14.6. The molecule has 0 bridgehead atoms. The summed E-state index contributed by atoms with van der Waals surface area (Å²) in [6.07, 6.45) is 0. The first-order valence-electron chi connectivity index (χ1n) is 9.18. The number of anilines is 2. The van der Waals surface area contributed by atoms with Crippen LogP contribution in [0.4, 0.5) is 15.8 Å². The number of piperazine rings is 1. The van der Waals surface area contributed by atoms with E-state index in [-0.39, 0.29) is 30.4 Å². The SMILES string of the molecule is Cc1cc2ccc(NC(=O)c3ccc(N4CCNC(C)C4)cc3F)cc2[nH]1.Cl.Cl. The molecule has 0 radical (unpaired) electrons. The molecule has 3 aromatic rings. The summed E-state index contributed by atoms with van der Waals surface area (Å²) in [6.45, 7) is 6.60. The van der Waals surface area contributed by atoms with Crippen molar-refractivity contribution in [2.24, 2.45) is 0 Å². The second kappa shape index (κ2) is 9.48. The van der Waals surface area contributed by atoms with Crippen LogP contribution in [0.3, 0.4) is 0 Å². The molecule has 3 N–H and O–H groups in total. The summed E-state index contributed by atoms with van der Waals surface area (Å²) in [4.78, 5) is 17.9. The monoisotopic (exact) mass is 438 g/mol. The van der Waals surface area contributed by atoms with Gasteiger partial charge in [-0.05, 0) is 55.6 Å². The van der Waals surface area contributed by atoms with Gasteiger partial charge < -0.3 is 20.5 Å². The van der Waals surface area contributed by atoms with Gasteiger partial charge in [0, 0.05) is 48.3 Å². The minimum atomic E-state index is -0.506. The first-order chi connectivity index (χ1) is 13.0. The number of carbonyl (C=O) groups is 1. The van der Waals surface area contributed by atoms with Crippen molar-refractivity contribution >= 4 is 53.0 Å². The van der Waals surface area contributed by atoms with Crippen molar-refractivity contribution in [1.29, 1.82) is 0 Å². The molecule has 1 saturated heterocycles. The molecule has 1 atom stereocenters. The molecule has 1 aliphatic rings. The van der Waals surface area contributed by atoms with Crippen molar-refractivity contribution in [3.63, 3.8) is 0 Å². The molecule has 0 saturated carbocycles. The standard InChI is InChI=1S/C21H23FN4O.2ClH/c1-13-9-15-3-4-16(10-20(15)24-13)25-21(27)18-6-5-17(11-19(18)22)26-8-7-23-14(2)12-26;;/h3-6,9-11,14,23-24H,7-8,12H2,1-2H3,(H,25,27);2*1H. The molecule has 2 heterocycles. The first kappa shape index (κ1) is 23.0. The smallest absolute Gasteiger partial charge is 0.258 e.